The first-order valence-corrected chi connectivity index (χ1v) is 7.39. The number of ether oxygens (including phenoxy) is 2. The van der Waals surface area contributed by atoms with E-state index in [1.54, 1.807) is 36.4 Å². The van der Waals surface area contributed by atoms with Crippen molar-refractivity contribution in [2.24, 2.45) is 0 Å². The van der Waals surface area contributed by atoms with Gasteiger partial charge in [-0.15, -0.1) is 4.73 Å². The van der Waals surface area contributed by atoms with E-state index < -0.39 is 35.2 Å². The lowest BCUT2D eigenvalue weighted by atomic mass is 10.2. The summed E-state index contributed by atoms with van der Waals surface area (Å²) >= 11 is 0. The predicted octanol–water partition coefficient (Wildman–Crippen LogP) is 2.58. The van der Waals surface area contributed by atoms with Gasteiger partial charge in [0.05, 0.1) is 11.1 Å². The Morgan fingerprint density at radius 2 is 1.04 bits per heavy atom. The van der Waals surface area contributed by atoms with Gasteiger partial charge >= 0.3 is 11.9 Å². The molecule has 0 aliphatic rings. The largest absolute Gasteiger partial charge is 0.490 e. The molecule has 0 saturated carbocycles. The van der Waals surface area contributed by atoms with Gasteiger partial charge in [0.15, 0.2) is 0 Å². The number of aromatic hydroxyl groups is 2. The predicted molar refractivity (Wildman–Crippen MR) is 87.7 cm³/mol. The van der Waals surface area contributed by atoms with E-state index in [0.717, 1.165) is 0 Å². The Hall–Kier alpha value is -3.94. The molecule has 1 aromatic heterocycles. The van der Waals surface area contributed by atoms with Crippen LogP contribution in [0.1, 0.15) is 20.7 Å². The molecule has 0 fully saturated rings. The Labute approximate surface area is 147 Å². The third-order valence-corrected chi connectivity index (χ3v) is 3.42. The number of nitrogens with zero attached hydrogens (tertiary/aromatic N) is 1. The van der Waals surface area contributed by atoms with Gasteiger partial charge in [-0.3, -0.25) is 0 Å². The highest BCUT2D eigenvalue weighted by atomic mass is 16.6. The standard InChI is InChI=1S/C18H13NO7/c20-15-13(25-17(22)11-7-3-1-4-8-11)14(16(21)19(15)24)26-18(23)12-9-5-2-6-10-12/h1-10,20-21,24H. The maximum atomic E-state index is 12.1. The van der Waals surface area contributed by atoms with Gasteiger partial charge < -0.3 is 24.9 Å². The van der Waals surface area contributed by atoms with E-state index in [2.05, 4.69) is 0 Å². The van der Waals surface area contributed by atoms with E-state index >= 15 is 0 Å². The average Bonchev–Trinajstić information content (AvgIpc) is 2.87. The molecule has 3 rings (SSSR count). The molecule has 132 valence electrons. The minimum atomic E-state index is -0.998. The fourth-order valence-corrected chi connectivity index (χ4v) is 2.13. The van der Waals surface area contributed by atoms with Crippen LogP contribution >= 0.6 is 0 Å². The minimum absolute atomic E-state index is 0.0682. The summed E-state index contributed by atoms with van der Waals surface area (Å²) in [5, 5.41) is 29.3. The van der Waals surface area contributed by atoms with Crippen molar-refractivity contribution in [3.8, 4) is 23.3 Å². The molecule has 0 unspecified atom stereocenters. The van der Waals surface area contributed by atoms with Crippen molar-refractivity contribution >= 4 is 11.9 Å². The van der Waals surface area contributed by atoms with Crippen LogP contribution in [0.3, 0.4) is 0 Å². The summed E-state index contributed by atoms with van der Waals surface area (Å²) < 4.78 is 9.92. The molecule has 0 atom stereocenters. The fourth-order valence-electron chi connectivity index (χ4n) is 2.13. The highest BCUT2D eigenvalue weighted by Gasteiger charge is 2.30. The Morgan fingerprint density at radius 1 is 0.692 bits per heavy atom. The molecule has 0 saturated heterocycles. The van der Waals surface area contributed by atoms with Crippen molar-refractivity contribution in [2.75, 3.05) is 0 Å². The first-order chi connectivity index (χ1) is 12.5. The summed E-state index contributed by atoms with van der Waals surface area (Å²) in [4.78, 5) is 24.3. The Balaban J connectivity index is 1.92. The SMILES string of the molecule is O=C(Oc1c(OC(=O)c2ccccc2)c(O)n(O)c1O)c1ccccc1. The summed E-state index contributed by atoms with van der Waals surface area (Å²) in [5.41, 5.74) is 0.301. The molecule has 0 aliphatic carbocycles. The van der Waals surface area contributed by atoms with E-state index in [-0.39, 0.29) is 15.9 Å². The van der Waals surface area contributed by atoms with Crippen molar-refractivity contribution in [2.45, 2.75) is 0 Å². The smallest absolute Gasteiger partial charge is 0.343 e. The van der Waals surface area contributed by atoms with E-state index in [1.807, 2.05) is 0 Å². The average molecular weight is 355 g/mol. The van der Waals surface area contributed by atoms with Gasteiger partial charge in [0.2, 0.25) is 11.5 Å². The van der Waals surface area contributed by atoms with Crippen LogP contribution in [0.15, 0.2) is 60.7 Å². The topological polar surface area (TPSA) is 118 Å². The van der Waals surface area contributed by atoms with Gasteiger partial charge in [-0.2, -0.15) is 0 Å². The Kier molecular flexibility index (Phi) is 4.48. The molecule has 0 spiro atoms. The van der Waals surface area contributed by atoms with Crippen LogP contribution in [0.25, 0.3) is 0 Å². The summed E-state index contributed by atoms with van der Waals surface area (Å²) in [6.45, 7) is 0. The number of carbonyl (C=O) groups is 2. The van der Waals surface area contributed by atoms with Gasteiger partial charge in [0.25, 0.3) is 11.8 Å². The van der Waals surface area contributed by atoms with Crippen molar-refractivity contribution < 1.29 is 34.5 Å². The van der Waals surface area contributed by atoms with Crippen molar-refractivity contribution in [3.05, 3.63) is 71.8 Å². The quantitative estimate of drug-likeness (QED) is 0.486. The third kappa shape index (κ3) is 3.16. The van der Waals surface area contributed by atoms with Crippen LogP contribution in [-0.2, 0) is 0 Å². The molecule has 3 N–H and O–H groups in total. The second-order valence-corrected chi connectivity index (χ2v) is 5.13. The van der Waals surface area contributed by atoms with Crippen LogP contribution in [0.2, 0.25) is 0 Å². The number of aromatic nitrogens is 1. The van der Waals surface area contributed by atoms with E-state index in [0.29, 0.717) is 0 Å². The molecule has 0 aliphatic heterocycles. The van der Waals surface area contributed by atoms with Gasteiger partial charge in [0, 0.05) is 0 Å². The van der Waals surface area contributed by atoms with E-state index in [1.165, 1.54) is 24.3 Å². The zero-order valence-corrected chi connectivity index (χ0v) is 13.2. The van der Waals surface area contributed by atoms with Crippen LogP contribution < -0.4 is 9.47 Å². The number of rotatable bonds is 4. The summed E-state index contributed by atoms with van der Waals surface area (Å²) in [7, 11) is 0. The van der Waals surface area contributed by atoms with Crippen LogP contribution in [-0.4, -0.2) is 32.1 Å². The maximum Gasteiger partial charge on any atom is 0.343 e. The molecular weight excluding hydrogens is 342 g/mol. The van der Waals surface area contributed by atoms with E-state index in [9.17, 15) is 25.0 Å². The van der Waals surface area contributed by atoms with Gasteiger partial charge in [-0.1, -0.05) is 36.4 Å². The summed E-state index contributed by atoms with van der Waals surface area (Å²) in [5.74, 6) is -5.15. The lowest BCUT2D eigenvalue weighted by Crippen LogP contribution is -2.11. The second kappa shape index (κ2) is 6.89. The second-order valence-electron chi connectivity index (χ2n) is 5.13. The molecular formula is C18H13NO7. The Morgan fingerprint density at radius 3 is 1.38 bits per heavy atom. The van der Waals surface area contributed by atoms with Gasteiger partial charge in [-0.05, 0) is 24.3 Å². The normalized spacial score (nSPS) is 10.3. The zero-order chi connectivity index (χ0) is 18.7. The van der Waals surface area contributed by atoms with Gasteiger partial charge in [-0.25, -0.2) is 9.59 Å². The number of esters is 2. The fraction of sp³-hybridized carbons (Fsp3) is 0. The summed E-state index contributed by atoms with van der Waals surface area (Å²) in [6, 6.07) is 15.6. The van der Waals surface area contributed by atoms with Crippen molar-refractivity contribution in [1.29, 1.82) is 0 Å². The van der Waals surface area contributed by atoms with E-state index in [4.69, 9.17) is 9.47 Å². The van der Waals surface area contributed by atoms with Gasteiger partial charge in [0.1, 0.15) is 0 Å². The number of benzene rings is 2. The summed E-state index contributed by atoms with van der Waals surface area (Å²) in [6.07, 6.45) is 0. The first-order valence-electron chi connectivity index (χ1n) is 7.39. The number of carbonyl (C=O) groups excluding carboxylic acids is 2. The monoisotopic (exact) mass is 355 g/mol. The zero-order valence-electron chi connectivity index (χ0n) is 13.2. The third-order valence-electron chi connectivity index (χ3n) is 3.42. The van der Waals surface area contributed by atoms with Crippen molar-refractivity contribution in [1.82, 2.24) is 4.73 Å². The highest BCUT2D eigenvalue weighted by molar-refractivity contribution is 5.94. The molecule has 0 amide bonds. The molecule has 26 heavy (non-hydrogen) atoms. The van der Waals surface area contributed by atoms with Crippen molar-refractivity contribution in [3.63, 3.8) is 0 Å². The lowest BCUT2D eigenvalue weighted by molar-refractivity contribution is 0.0677. The van der Waals surface area contributed by atoms with Crippen LogP contribution in [0, 0.1) is 0 Å². The van der Waals surface area contributed by atoms with Crippen LogP contribution in [0.5, 0.6) is 23.3 Å². The lowest BCUT2D eigenvalue weighted by Gasteiger charge is -2.07. The molecule has 0 radical (unpaired) electrons. The maximum absolute atomic E-state index is 12.1. The molecule has 8 heteroatoms. The Bertz CT molecular complexity index is 872. The molecule has 2 aromatic carbocycles. The van der Waals surface area contributed by atoms with Crippen LogP contribution in [0.4, 0.5) is 0 Å². The molecule has 8 nitrogen and oxygen atoms in total. The minimum Gasteiger partial charge on any atom is -0.490 e. The molecule has 0 bridgehead atoms. The molecule has 1 heterocycles. The first kappa shape index (κ1) is 16.9. The number of hydrogen-bond acceptors (Lipinski definition) is 7. The molecule has 3 aromatic rings. The number of hydrogen-bond donors (Lipinski definition) is 3. The highest BCUT2D eigenvalue weighted by Crippen LogP contribution is 2.46.